The molecule has 0 saturated carbocycles. The molecule has 1 aromatic carbocycles. The van der Waals surface area contributed by atoms with Crippen molar-refractivity contribution in [2.45, 2.75) is 6.54 Å². The Morgan fingerprint density at radius 3 is 3.00 bits per heavy atom. The minimum Gasteiger partial charge on any atom is -0.365 e. The number of rotatable bonds is 3. The molecule has 0 aliphatic heterocycles. The van der Waals surface area contributed by atoms with Crippen molar-refractivity contribution < 1.29 is 0 Å². The number of halogens is 1. The van der Waals surface area contributed by atoms with Crippen LogP contribution in [0.5, 0.6) is 0 Å². The predicted molar refractivity (Wildman–Crippen MR) is 80.0 cm³/mol. The Kier molecular flexibility index (Phi) is 3.21. The number of aryl methyl sites for hydroxylation is 1. The number of aromatic nitrogens is 3. The van der Waals surface area contributed by atoms with Gasteiger partial charge in [0, 0.05) is 24.3 Å². The van der Waals surface area contributed by atoms with Crippen LogP contribution < -0.4 is 5.32 Å². The molecule has 0 radical (unpaired) electrons. The van der Waals surface area contributed by atoms with E-state index in [0.29, 0.717) is 0 Å². The highest BCUT2D eigenvalue weighted by Gasteiger charge is 2.05. The van der Waals surface area contributed by atoms with E-state index < -0.39 is 0 Å². The van der Waals surface area contributed by atoms with E-state index in [2.05, 4.69) is 43.3 Å². The first kappa shape index (κ1) is 12.2. The number of hydrogen-bond acceptors (Lipinski definition) is 3. The van der Waals surface area contributed by atoms with Crippen LogP contribution in [0.3, 0.4) is 0 Å². The quantitative estimate of drug-likeness (QED) is 0.805. The summed E-state index contributed by atoms with van der Waals surface area (Å²) in [5, 5.41) is 4.40. The number of benzene rings is 1. The molecular formula is C14H13BrN4. The fourth-order valence-electron chi connectivity index (χ4n) is 2.05. The van der Waals surface area contributed by atoms with Gasteiger partial charge in [-0.25, -0.2) is 9.97 Å². The predicted octanol–water partition coefficient (Wildman–Crippen LogP) is 3.34. The molecule has 0 unspecified atom stereocenters. The van der Waals surface area contributed by atoms with Crippen LogP contribution in [0.15, 0.2) is 47.3 Å². The molecule has 0 atom stereocenters. The first-order valence-corrected chi connectivity index (χ1v) is 6.78. The summed E-state index contributed by atoms with van der Waals surface area (Å²) in [6.45, 7) is 0.737. The fourth-order valence-corrected chi connectivity index (χ4v) is 2.50. The van der Waals surface area contributed by atoms with Crippen LogP contribution in [-0.4, -0.2) is 14.5 Å². The van der Waals surface area contributed by atoms with Gasteiger partial charge in [-0.3, -0.25) is 0 Å². The maximum atomic E-state index is 4.31. The Labute approximate surface area is 119 Å². The van der Waals surface area contributed by atoms with Crippen molar-refractivity contribution in [3.63, 3.8) is 0 Å². The lowest BCUT2D eigenvalue weighted by molar-refractivity contribution is 0.943. The third-order valence-corrected chi connectivity index (χ3v) is 3.50. The number of fused-ring (bicyclic) bond motifs is 1. The number of nitrogens with zero attached hydrogens (tertiary/aromatic N) is 3. The molecule has 2 aromatic heterocycles. The zero-order valence-corrected chi connectivity index (χ0v) is 12.1. The van der Waals surface area contributed by atoms with E-state index in [1.54, 1.807) is 6.33 Å². The number of hydrogen-bond donors (Lipinski definition) is 1. The number of anilines is 1. The van der Waals surface area contributed by atoms with Crippen LogP contribution in [0, 0.1) is 0 Å². The first-order valence-electron chi connectivity index (χ1n) is 5.98. The highest BCUT2D eigenvalue weighted by Crippen LogP contribution is 2.20. The van der Waals surface area contributed by atoms with Gasteiger partial charge in [0.2, 0.25) is 0 Å². The molecule has 5 heteroatoms. The molecular weight excluding hydrogens is 304 g/mol. The minimum atomic E-state index is 0.737. The largest absolute Gasteiger partial charge is 0.365 e. The third kappa shape index (κ3) is 2.46. The Morgan fingerprint density at radius 2 is 2.16 bits per heavy atom. The monoisotopic (exact) mass is 316 g/mol. The second-order valence-corrected chi connectivity index (χ2v) is 5.29. The van der Waals surface area contributed by atoms with E-state index in [1.165, 1.54) is 5.56 Å². The smallest absolute Gasteiger partial charge is 0.145 e. The average molecular weight is 317 g/mol. The van der Waals surface area contributed by atoms with Gasteiger partial charge in [0.05, 0.1) is 5.39 Å². The summed E-state index contributed by atoms with van der Waals surface area (Å²) in [6.07, 6.45) is 3.58. The summed E-state index contributed by atoms with van der Waals surface area (Å²) in [4.78, 5) is 8.59. The van der Waals surface area contributed by atoms with Gasteiger partial charge < -0.3 is 9.88 Å². The fraction of sp³-hybridized carbons (Fsp3) is 0.143. The van der Waals surface area contributed by atoms with Crippen molar-refractivity contribution in [1.82, 2.24) is 14.5 Å². The summed E-state index contributed by atoms with van der Waals surface area (Å²) >= 11 is 3.47. The van der Waals surface area contributed by atoms with Gasteiger partial charge >= 0.3 is 0 Å². The normalized spacial score (nSPS) is 10.8. The summed E-state index contributed by atoms with van der Waals surface area (Å²) in [5.74, 6) is 0.866. The molecule has 0 spiro atoms. The van der Waals surface area contributed by atoms with Gasteiger partial charge in [-0.15, -0.1) is 0 Å². The van der Waals surface area contributed by atoms with E-state index in [-0.39, 0.29) is 0 Å². The Hall–Kier alpha value is -1.88. The Bertz CT molecular complexity index is 720. The van der Waals surface area contributed by atoms with Gasteiger partial charge in [0.1, 0.15) is 17.8 Å². The maximum absolute atomic E-state index is 4.31. The van der Waals surface area contributed by atoms with Crippen molar-refractivity contribution in [2.24, 2.45) is 7.05 Å². The summed E-state index contributed by atoms with van der Waals surface area (Å²) in [7, 11) is 1.98. The van der Waals surface area contributed by atoms with Crippen LogP contribution in [0.2, 0.25) is 0 Å². The molecule has 0 aliphatic rings. The molecule has 4 nitrogen and oxygen atoms in total. The van der Waals surface area contributed by atoms with Gasteiger partial charge in [-0.05, 0) is 23.8 Å². The van der Waals surface area contributed by atoms with Crippen LogP contribution in [0.4, 0.5) is 5.82 Å². The maximum Gasteiger partial charge on any atom is 0.145 e. The highest BCUT2D eigenvalue weighted by molar-refractivity contribution is 9.10. The van der Waals surface area contributed by atoms with E-state index in [9.17, 15) is 0 Å². The van der Waals surface area contributed by atoms with Gasteiger partial charge in [-0.2, -0.15) is 0 Å². The summed E-state index contributed by atoms with van der Waals surface area (Å²) in [6, 6.07) is 10.2. The molecule has 0 amide bonds. The number of nitrogens with one attached hydrogen (secondary N) is 1. The molecule has 1 N–H and O–H groups in total. The molecule has 0 aliphatic carbocycles. The molecule has 19 heavy (non-hydrogen) atoms. The van der Waals surface area contributed by atoms with Gasteiger partial charge in [0.25, 0.3) is 0 Å². The lowest BCUT2D eigenvalue weighted by atomic mass is 10.2. The van der Waals surface area contributed by atoms with Gasteiger partial charge in [0.15, 0.2) is 0 Å². The lowest BCUT2D eigenvalue weighted by Gasteiger charge is -2.07. The standard InChI is InChI=1S/C14H13BrN4/c1-19-6-5-12-13(17-9-18-14(12)19)16-8-10-3-2-4-11(15)7-10/h2-7,9H,8H2,1H3,(H,16,17,18). The lowest BCUT2D eigenvalue weighted by Crippen LogP contribution is -2.02. The second kappa shape index (κ2) is 5.01. The van der Waals surface area contributed by atoms with Crippen molar-refractivity contribution >= 4 is 32.8 Å². The van der Waals surface area contributed by atoms with Crippen LogP contribution >= 0.6 is 15.9 Å². The second-order valence-electron chi connectivity index (χ2n) is 4.37. The van der Waals surface area contributed by atoms with E-state index in [4.69, 9.17) is 0 Å². The van der Waals surface area contributed by atoms with Crippen molar-refractivity contribution in [3.05, 3.63) is 52.9 Å². The molecule has 3 aromatic rings. The Balaban J connectivity index is 1.86. The molecule has 0 bridgehead atoms. The minimum absolute atomic E-state index is 0.737. The molecule has 3 rings (SSSR count). The van der Waals surface area contributed by atoms with Gasteiger partial charge in [-0.1, -0.05) is 28.1 Å². The zero-order chi connectivity index (χ0) is 13.2. The highest BCUT2D eigenvalue weighted by atomic mass is 79.9. The van der Waals surface area contributed by atoms with Crippen LogP contribution in [0.25, 0.3) is 11.0 Å². The van der Waals surface area contributed by atoms with Crippen molar-refractivity contribution in [2.75, 3.05) is 5.32 Å². The zero-order valence-electron chi connectivity index (χ0n) is 10.5. The summed E-state index contributed by atoms with van der Waals surface area (Å²) in [5.41, 5.74) is 2.14. The van der Waals surface area contributed by atoms with Crippen molar-refractivity contribution in [3.8, 4) is 0 Å². The van der Waals surface area contributed by atoms with Crippen LogP contribution in [0.1, 0.15) is 5.56 Å². The van der Waals surface area contributed by atoms with E-state index in [1.807, 2.05) is 36.0 Å². The summed E-state index contributed by atoms with van der Waals surface area (Å²) < 4.78 is 3.07. The van der Waals surface area contributed by atoms with E-state index >= 15 is 0 Å². The SMILES string of the molecule is Cn1ccc2c(NCc3cccc(Br)c3)ncnc21. The average Bonchev–Trinajstić information content (AvgIpc) is 2.79. The van der Waals surface area contributed by atoms with E-state index in [0.717, 1.165) is 27.9 Å². The molecule has 0 fully saturated rings. The molecule has 0 saturated heterocycles. The van der Waals surface area contributed by atoms with Crippen LogP contribution in [-0.2, 0) is 13.6 Å². The van der Waals surface area contributed by atoms with Crippen molar-refractivity contribution in [1.29, 1.82) is 0 Å². The Morgan fingerprint density at radius 1 is 1.26 bits per heavy atom. The molecule has 2 heterocycles. The third-order valence-electron chi connectivity index (χ3n) is 3.01. The first-order chi connectivity index (χ1) is 9.24. The topological polar surface area (TPSA) is 42.7 Å². The molecule has 96 valence electrons.